The van der Waals surface area contributed by atoms with E-state index in [1.165, 1.54) is 0 Å². The van der Waals surface area contributed by atoms with Crippen LogP contribution in [0.25, 0.3) is 0 Å². The van der Waals surface area contributed by atoms with Crippen LogP contribution in [0.15, 0.2) is 30.3 Å². The van der Waals surface area contributed by atoms with Crippen molar-refractivity contribution in [3.05, 3.63) is 30.3 Å². The first-order valence-electron chi connectivity index (χ1n) is 7.67. The molecule has 0 saturated carbocycles. The zero-order valence-electron chi connectivity index (χ0n) is 14.6. The summed E-state index contributed by atoms with van der Waals surface area (Å²) in [5.74, 6) is -0.165. The number of rotatable bonds is 6. The lowest BCUT2D eigenvalue weighted by Crippen LogP contribution is -2.57. The number of likely N-dealkylation sites (N-methyl/N-ethyl adjacent to an activating group) is 1. The minimum Gasteiger partial charge on any atom is -0.343 e. The van der Waals surface area contributed by atoms with Crippen molar-refractivity contribution in [2.75, 3.05) is 25.5 Å². The fourth-order valence-corrected chi connectivity index (χ4v) is 2.28. The van der Waals surface area contributed by atoms with E-state index in [9.17, 15) is 9.59 Å². The van der Waals surface area contributed by atoms with Gasteiger partial charge in [-0.2, -0.15) is 0 Å². The summed E-state index contributed by atoms with van der Waals surface area (Å²) in [6.45, 7) is 8.37. The van der Waals surface area contributed by atoms with E-state index in [0.29, 0.717) is 18.8 Å². The molecular weight excluding hydrogens is 292 g/mol. The SMILES string of the molecule is CN(CC(C)(C)CN)C(=O)C(C)(C)NC(=O)Nc1ccccc1. The normalized spacial score (nSPS) is 11.7. The molecule has 0 aliphatic rings. The van der Waals surface area contributed by atoms with Gasteiger partial charge in [-0.3, -0.25) is 4.79 Å². The lowest BCUT2D eigenvalue weighted by Gasteiger charge is -2.34. The number of benzene rings is 1. The van der Waals surface area contributed by atoms with Crippen molar-refractivity contribution < 1.29 is 9.59 Å². The van der Waals surface area contributed by atoms with E-state index < -0.39 is 11.6 Å². The first-order chi connectivity index (χ1) is 10.6. The number of amides is 3. The summed E-state index contributed by atoms with van der Waals surface area (Å²) in [4.78, 5) is 26.3. The zero-order valence-corrected chi connectivity index (χ0v) is 14.6. The van der Waals surface area contributed by atoms with Crippen molar-refractivity contribution in [1.82, 2.24) is 10.2 Å². The van der Waals surface area contributed by atoms with Crippen LogP contribution >= 0.6 is 0 Å². The van der Waals surface area contributed by atoms with Crippen molar-refractivity contribution >= 4 is 17.6 Å². The summed E-state index contributed by atoms with van der Waals surface area (Å²) in [6, 6.07) is 8.67. The van der Waals surface area contributed by atoms with Crippen LogP contribution in [0.3, 0.4) is 0 Å². The highest BCUT2D eigenvalue weighted by molar-refractivity contribution is 5.95. The molecule has 6 nitrogen and oxygen atoms in total. The Kier molecular flexibility index (Phi) is 6.15. The molecule has 0 aliphatic carbocycles. The van der Waals surface area contributed by atoms with Crippen LogP contribution in [0.2, 0.25) is 0 Å². The molecule has 6 heteroatoms. The predicted molar refractivity (Wildman–Crippen MR) is 93.1 cm³/mol. The van der Waals surface area contributed by atoms with E-state index in [0.717, 1.165) is 0 Å². The van der Waals surface area contributed by atoms with Crippen LogP contribution in [0.4, 0.5) is 10.5 Å². The van der Waals surface area contributed by atoms with Gasteiger partial charge in [-0.15, -0.1) is 0 Å². The van der Waals surface area contributed by atoms with Gasteiger partial charge in [-0.25, -0.2) is 4.79 Å². The Labute approximate surface area is 138 Å². The second kappa shape index (κ2) is 7.46. The molecule has 0 heterocycles. The molecule has 0 aliphatic heterocycles. The number of nitrogens with zero attached hydrogens (tertiary/aromatic N) is 1. The Hall–Kier alpha value is -2.08. The molecule has 128 valence electrons. The lowest BCUT2D eigenvalue weighted by atomic mass is 9.92. The van der Waals surface area contributed by atoms with Crippen molar-refractivity contribution in [2.45, 2.75) is 33.2 Å². The molecule has 0 atom stereocenters. The lowest BCUT2D eigenvalue weighted by molar-refractivity contribution is -0.136. The predicted octanol–water partition coefficient (Wildman–Crippen LogP) is 2.03. The number of carbonyl (C=O) groups is 2. The molecule has 0 fully saturated rings. The standard InChI is InChI=1S/C17H28N4O2/c1-16(2,11-18)12-21(5)14(22)17(3,4)20-15(23)19-13-9-7-6-8-10-13/h6-10H,11-12,18H2,1-5H3,(H2,19,20,23). The smallest absolute Gasteiger partial charge is 0.320 e. The summed E-state index contributed by atoms with van der Waals surface area (Å²) in [7, 11) is 1.72. The molecule has 0 aromatic heterocycles. The molecule has 1 aromatic carbocycles. The number of para-hydroxylation sites is 1. The molecule has 23 heavy (non-hydrogen) atoms. The quantitative estimate of drug-likeness (QED) is 0.749. The van der Waals surface area contributed by atoms with Gasteiger partial charge in [-0.05, 0) is 37.9 Å². The number of nitrogens with two attached hydrogens (primary N) is 1. The highest BCUT2D eigenvalue weighted by Gasteiger charge is 2.34. The number of anilines is 1. The molecule has 0 saturated heterocycles. The van der Waals surface area contributed by atoms with Gasteiger partial charge in [0.2, 0.25) is 5.91 Å². The summed E-state index contributed by atoms with van der Waals surface area (Å²) in [5.41, 5.74) is 5.20. The van der Waals surface area contributed by atoms with Gasteiger partial charge in [0.25, 0.3) is 0 Å². The maximum atomic E-state index is 12.6. The minimum absolute atomic E-state index is 0.165. The molecule has 1 rings (SSSR count). The van der Waals surface area contributed by atoms with Crippen LogP contribution in [-0.4, -0.2) is 42.5 Å². The van der Waals surface area contributed by atoms with Crippen LogP contribution in [-0.2, 0) is 4.79 Å². The van der Waals surface area contributed by atoms with E-state index in [1.54, 1.807) is 37.9 Å². The number of urea groups is 1. The maximum absolute atomic E-state index is 12.6. The van der Waals surface area contributed by atoms with Gasteiger partial charge in [0, 0.05) is 19.3 Å². The molecule has 0 bridgehead atoms. The van der Waals surface area contributed by atoms with E-state index in [-0.39, 0.29) is 11.3 Å². The molecule has 3 amide bonds. The first kappa shape index (κ1) is 19.0. The number of hydrogen-bond acceptors (Lipinski definition) is 3. The van der Waals surface area contributed by atoms with Crippen LogP contribution in [0, 0.1) is 5.41 Å². The van der Waals surface area contributed by atoms with Crippen LogP contribution < -0.4 is 16.4 Å². The minimum atomic E-state index is -1.02. The van der Waals surface area contributed by atoms with Gasteiger partial charge in [0.05, 0.1) is 0 Å². The average molecular weight is 320 g/mol. The summed E-state index contributed by atoms with van der Waals surface area (Å²) in [6.07, 6.45) is 0. The van der Waals surface area contributed by atoms with E-state index in [2.05, 4.69) is 10.6 Å². The third-order valence-corrected chi connectivity index (χ3v) is 3.56. The van der Waals surface area contributed by atoms with E-state index in [4.69, 9.17) is 5.73 Å². The third kappa shape index (κ3) is 5.90. The van der Waals surface area contributed by atoms with Gasteiger partial charge in [0.1, 0.15) is 5.54 Å². The molecular formula is C17H28N4O2. The van der Waals surface area contributed by atoms with Crippen molar-refractivity contribution in [2.24, 2.45) is 11.1 Å². The fraction of sp³-hybridized carbons (Fsp3) is 0.529. The highest BCUT2D eigenvalue weighted by Crippen LogP contribution is 2.17. The van der Waals surface area contributed by atoms with Crippen LogP contribution in [0.5, 0.6) is 0 Å². The largest absolute Gasteiger partial charge is 0.343 e. The molecule has 0 spiro atoms. The van der Waals surface area contributed by atoms with E-state index in [1.807, 2.05) is 32.0 Å². The molecule has 4 N–H and O–H groups in total. The molecule has 0 unspecified atom stereocenters. The summed E-state index contributed by atoms with van der Waals surface area (Å²) < 4.78 is 0. The number of nitrogens with one attached hydrogen (secondary N) is 2. The summed E-state index contributed by atoms with van der Waals surface area (Å²) in [5, 5.41) is 5.43. The Balaban J connectivity index is 2.66. The van der Waals surface area contributed by atoms with Crippen molar-refractivity contribution in [3.8, 4) is 0 Å². The van der Waals surface area contributed by atoms with Gasteiger partial charge >= 0.3 is 6.03 Å². The van der Waals surface area contributed by atoms with Crippen molar-refractivity contribution in [1.29, 1.82) is 0 Å². The maximum Gasteiger partial charge on any atom is 0.320 e. The Morgan fingerprint density at radius 1 is 1.13 bits per heavy atom. The van der Waals surface area contributed by atoms with Crippen molar-refractivity contribution in [3.63, 3.8) is 0 Å². The highest BCUT2D eigenvalue weighted by atomic mass is 16.2. The third-order valence-electron chi connectivity index (χ3n) is 3.56. The second-order valence-electron chi connectivity index (χ2n) is 7.10. The summed E-state index contributed by atoms with van der Waals surface area (Å²) >= 11 is 0. The topological polar surface area (TPSA) is 87.5 Å². The zero-order chi connectivity index (χ0) is 17.7. The molecule has 1 aromatic rings. The molecule has 0 radical (unpaired) electrons. The van der Waals surface area contributed by atoms with Gasteiger partial charge < -0.3 is 21.3 Å². The number of carbonyl (C=O) groups excluding carboxylic acids is 2. The van der Waals surface area contributed by atoms with Gasteiger partial charge in [-0.1, -0.05) is 32.0 Å². The Morgan fingerprint density at radius 3 is 2.22 bits per heavy atom. The monoisotopic (exact) mass is 320 g/mol. The first-order valence-corrected chi connectivity index (χ1v) is 7.67. The Morgan fingerprint density at radius 2 is 1.70 bits per heavy atom. The Bertz CT molecular complexity index is 541. The van der Waals surface area contributed by atoms with Gasteiger partial charge in [0.15, 0.2) is 0 Å². The fourth-order valence-electron chi connectivity index (χ4n) is 2.28. The average Bonchev–Trinajstić information content (AvgIpc) is 2.46. The number of hydrogen-bond donors (Lipinski definition) is 3. The van der Waals surface area contributed by atoms with E-state index >= 15 is 0 Å². The second-order valence-corrected chi connectivity index (χ2v) is 7.10. The van der Waals surface area contributed by atoms with Crippen LogP contribution in [0.1, 0.15) is 27.7 Å².